The molecule has 1 aromatic heterocycles. The van der Waals surface area contributed by atoms with Crippen molar-refractivity contribution in [3.8, 4) is 0 Å². The monoisotopic (exact) mass is 288 g/mol. The molecule has 0 amide bonds. The molecular formula is C9H9IN2O. The summed E-state index contributed by atoms with van der Waals surface area (Å²) >= 11 is 2.27. The van der Waals surface area contributed by atoms with Gasteiger partial charge in [0.2, 0.25) is 0 Å². The van der Waals surface area contributed by atoms with Crippen LogP contribution in [0.25, 0.3) is 10.9 Å². The van der Waals surface area contributed by atoms with E-state index in [1.807, 2.05) is 18.3 Å². The van der Waals surface area contributed by atoms with Crippen molar-refractivity contribution in [2.24, 2.45) is 0 Å². The molecular weight excluding hydrogens is 279 g/mol. The molecule has 0 spiro atoms. The second-order valence-corrected chi connectivity index (χ2v) is 4.06. The second kappa shape index (κ2) is 3.63. The third kappa shape index (κ3) is 1.83. The van der Waals surface area contributed by atoms with Gasteiger partial charge < -0.3 is 5.11 Å². The van der Waals surface area contributed by atoms with E-state index < -0.39 is 0 Å². The standard InChI is InChI=1S/C9H9IN2O/c10-8-1-2-9-7(5-8)6-12(11-9)3-4-13/h1-2,5-6,13H,3-4H2. The number of hydrogen-bond donors (Lipinski definition) is 1. The van der Waals surface area contributed by atoms with Crippen molar-refractivity contribution < 1.29 is 5.11 Å². The maximum Gasteiger partial charge on any atom is 0.0924 e. The van der Waals surface area contributed by atoms with Crippen LogP contribution in [0.5, 0.6) is 0 Å². The van der Waals surface area contributed by atoms with Gasteiger partial charge in [0.15, 0.2) is 0 Å². The van der Waals surface area contributed by atoms with Gasteiger partial charge in [-0.05, 0) is 40.8 Å². The molecule has 2 aromatic rings. The van der Waals surface area contributed by atoms with Gasteiger partial charge in [0.1, 0.15) is 0 Å². The highest BCUT2D eigenvalue weighted by atomic mass is 127. The number of halogens is 1. The molecule has 0 unspecified atom stereocenters. The Hall–Kier alpha value is -0.620. The molecule has 0 bridgehead atoms. The van der Waals surface area contributed by atoms with Gasteiger partial charge in [-0.25, -0.2) is 0 Å². The lowest BCUT2D eigenvalue weighted by Crippen LogP contribution is -2.01. The Morgan fingerprint density at radius 3 is 3.08 bits per heavy atom. The Balaban J connectivity index is 2.49. The van der Waals surface area contributed by atoms with Gasteiger partial charge in [-0.3, -0.25) is 4.68 Å². The molecule has 2 rings (SSSR count). The molecule has 1 N–H and O–H groups in total. The summed E-state index contributed by atoms with van der Waals surface area (Å²) in [7, 11) is 0. The van der Waals surface area contributed by atoms with Crippen LogP contribution in [-0.4, -0.2) is 21.5 Å². The van der Waals surface area contributed by atoms with E-state index in [-0.39, 0.29) is 6.61 Å². The average molecular weight is 288 g/mol. The maximum absolute atomic E-state index is 8.74. The van der Waals surface area contributed by atoms with Gasteiger partial charge >= 0.3 is 0 Å². The van der Waals surface area contributed by atoms with E-state index in [0.717, 1.165) is 10.9 Å². The van der Waals surface area contributed by atoms with Gasteiger partial charge in [-0.1, -0.05) is 0 Å². The molecule has 1 aromatic carbocycles. The highest BCUT2D eigenvalue weighted by Gasteiger charge is 1.99. The first-order valence-electron chi connectivity index (χ1n) is 4.03. The minimum Gasteiger partial charge on any atom is -0.394 e. The molecule has 3 nitrogen and oxygen atoms in total. The van der Waals surface area contributed by atoms with Gasteiger partial charge in [0.05, 0.1) is 18.7 Å². The van der Waals surface area contributed by atoms with E-state index in [2.05, 4.69) is 33.8 Å². The van der Waals surface area contributed by atoms with E-state index in [9.17, 15) is 0 Å². The Morgan fingerprint density at radius 1 is 1.46 bits per heavy atom. The third-order valence-corrected chi connectivity index (χ3v) is 2.51. The number of nitrogens with zero attached hydrogens (tertiary/aromatic N) is 2. The largest absolute Gasteiger partial charge is 0.394 e. The fourth-order valence-corrected chi connectivity index (χ4v) is 1.78. The van der Waals surface area contributed by atoms with Crippen molar-refractivity contribution in [3.63, 3.8) is 0 Å². The molecule has 0 saturated heterocycles. The molecule has 68 valence electrons. The van der Waals surface area contributed by atoms with Crippen LogP contribution >= 0.6 is 22.6 Å². The van der Waals surface area contributed by atoms with Crippen LogP contribution in [0.15, 0.2) is 24.4 Å². The van der Waals surface area contributed by atoms with Gasteiger partial charge in [-0.15, -0.1) is 0 Å². The van der Waals surface area contributed by atoms with Crippen LogP contribution in [0.2, 0.25) is 0 Å². The molecule has 0 aliphatic carbocycles. The van der Waals surface area contributed by atoms with Crippen molar-refractivity contribution in [3.05, 3.63) is 28.0 Å². The molecule has 13 heavy (non-hydrogen) atoms. The number of aliphatic hydroxyl groups excluding tert-OH is 1. The summed E-state index contributed by atoms with van der Waals surface area (Å²) in [5, 5.41) is 14.2. The summed E-state index contributed by atoms with van der Waals surface area (Å²) in [6.07, 6.45) is 1.95. The van der Waals surface area contributed by atoms with Crippen LogP contribution in [0.4, 0.5) is 0 Å². The molecule has 0 fully saturated rings. The van der Waals surface area contributed by atoms with Gasteiger partial charge in [0, 0.05) is 15.2 Å². The van der Waals surface area contributed by atoms with Crippen molar-refractivity contribution >= 4 is 33.5 Å². The number of fused-ring (bicyclic) bond motifs is 1. The second-order valence-electron chi connectivity index (χ2n) is 2.82. The Bertz CT molecular complexity index is 424. The fraction of sp³-hybridized carbons (Fsp3) is 0.222. The fourth-order valence-electron chi connectivity index (χ4n) is 1.26. The molecule has 0 aliphatic rings. The van der Waals surface area contributed by atoms with E-state index in [0.29, 0.717) is 6.54 Å². The van der Waals surface area contributed by atoms with Crippen LogP contribution in [0, 0.1) is 3.57 Å². The zero-order valence-electron chi connectivity index (χ0n) is 6.94. The minimum atomic E-state index is 0.130. The molecule has 1 heterocycles. The first-order valence-corrected chi connectivity index (χ1v) is 5.11. The Kier molecular flexibility index (Phi) is 2.50. The Morgan fingerprint density at radius 2 is 2.31 bits per heavy atom. The van der Waals surface area contributed by atoms with Gasteiger partial charge in [0.25, 0.3) is 0 Å². The number of hydrogen-bond acceptors (Lipinski definition) is 2. The molecule has 0 atom stereocenters. The summed E-state index contributed by atoms with van der Waals surface area (Å²) in [5.41, 5.74) is 0.980. The first kappa shape index (κ1) is 8.96. The van der Waals surface area contributed by atoms with E-state index in [1.165, 1.54) is 3.57 Å². The van der Waals surface area contributed by atoms with Crippen molar-refractivity contribution in [2.75, 3.05) is 6.61 Å². The lowest BCUT2D eigenvalue weighted by Gasteiger charge is -1.92. The number of rotatable bonds is 2. The molecule has 0 aliphatic heterocycles. The maximum atomic E-state index is 8.74. The van der Waals surface area contributed by atoms with Crippen molar-refractivity contribution in [2.45, 2.75) is 6.54 Å². The zero-order chi connectivity index (χ0) is 9.26. The topological polar surface area (TPSA) is 38.0 Å². The number of aliphatic hydroxyl groups is 1. The lowest BCUT2D eigenvalue weighted by molar-refractivity contribution is 0.270. The smallest absolute Gasteiger partial charge is 0.0924 e. The predicted octanol–water partition coefficient (Wildman–Crippen LogP) is 1.63. The SMILES string of the molecule is OCCn1cc2cc(I)ccc2n1. The quantitative estimate of drug-likeness (QED) is 0.853. The van der Waals surface area contributed by atoms with Crippen LogP contribution in [-0.2, 0) is 6.54 Å². The lowest BCUT2D eigenvalue weighted by atomic mass is 10.3. The molecule has 4 heteroatoms. The van der Waals surface area contributed by atoms with E-state index in [1.54, 1.807) is 4.68 Å². The van der Waals surface area contributed by atoms with E-state index in [4.69, 9.17) is 5.11 Å². The zero-order valence-corrected chi connectivity index (χ0v) is 9.10. The molecule has 0 saturated carbocycles. The first-order chi connectivity index (χ1) is 6.29. The highest BCUT2D eigenvalue weighted by molar-refractivity contribution is 14.1. The minimum absolute atomic E-state index is 0.130. The summed E-state index contributed by atoms with van der Waals surface area (Å²) in [4.78, 5) is 0. The average Bonchev–Trinajstić information content (AvgIpc) is 2.46. The normalized spacial score (nSPS) is 10.9. The van der Waals surface area contributed by atoms with Crippen molar-refractivity contribution in [1.29, 1.82) is 0 Å². The summed E-state index contributed by atoms with van der Waals surface area (Å²) in [6, 6.07) is 6.10. The van der Waals surface area contributed by atoms with Crippen LogP contribution in [0.3, 0.4) is 0 Å². The highest BCUT2D eigenvalue weighted by Crippen LogP contribution is 2.15. The molecule has 0 radical (unpaired) electrons. The van der Waals surface area contributed by atoms with E-state index >= 15 is 0 Å². The number of aromatic nitrogens is 2. The van der Waals surface area contributed by atoms with Gasteiger partial charge in [-0.2, -0.15) is 5.10 Å². The third-order valence-electron chi connectivity index (χ3n) is 1.84. The predicted molar refractivity (Wildman–Crippen MR) is 59.5 cm³/mol. The summed E-state index contributed by atoms with van der Waals surface area (Å²) in [6.45, 7) is 0.691. The summed E-state index contributed by atoms with van der Waals surface area (Å²) < 4.78 is 2.97. The number of benzene rings is 1. The van der Waals surface area contributed by atoms with Crippen molar-refractivity contribution in [1.82, 2.24) is 9.78 Å². The van der Waals surface area contributed by atoms with Crippen LogP contribution in [0.1, 0.15) is 0 Å². The Labute approximate surface area is 89.5 Å². The summed E-state index contributed by atoms with van der Waals surface area (Å²) in [5.74, 6) is 0. The van der Waals surface area contributed by atoms with Crippen LogP contribution < -0.4 is 0 Å².